The minimum atomic E-state index is 0.246. The summed E-state index contributed by atoms with van der Waals surface area (Å²) in [4.78, 5) is 0. The van der Waals surface area contributed by atoms with Gasteiger partial charge in [0.05, 0.1) is 11.9 Å². The van der Waals surface area contributed by atoms with Crippen LogP contribution in [0.3, 0.4) is 0 Å². The highest BCUT2D eigenvalue weighted by Gasteiger charge is 2.06. The third-order valence-electron chi connectivity index (χ3n) is 3.40. The van der Waals surface area contributed by atoms with E-state index in [0.717, 1.165) is 17.7 Å². The van der Waals surface area contributed by atoms with E-state index in [-0.39, 0.29) is 5.75 Å². The Morgan fingerprint density at radius 2 is 1.95 bits per heavy atom. The van der Waals surface area contributed by atoms with Crippen LogP contribution in [0.1, 0.15) is 37.3 Å². The smallest absolute Gasteiger partial charge is 0.124 e. The van der Waals surface area contributed by atoms with Gasteiger partial charge in [-0.25, -0.2) is 0 Å². The predicted molar refractivity (Wildman–Crippen MR) is 84.5 cm³/mol. The van der Waals surface area contributed by atoms with Gasteiger partial charge in [0.2, 0.25) is 0 Å². The fraction of sp³-hybridized carbons (Fsp3) is 0.235. The van der Waals surface area contributed by atoms with Gasteiger partial charge in [0.25, 0.3) is 0 Å². The van der Waals surface area contributed by atoms with Crippen molar-refractivity contribution in [3.8, 4) is 5.75 Å². The Bertz CT molecular complexity index is 579. The van der Waals surface area contributed by atoms with E-state index in [1.54, 1.807) is 12.3 Å². The number of nitrogens with zero attached hydrogens (tertiary/aromatic N) is 1. The van der Waals surface area contributed by atoms with Crippen molar-refractivity contribution >= 4 is 11.9 Å². The molecule has 1 atom stereocenters. The molecule has 0 saturated heterocycles. The number of phenolic OH excluding ortho intramolecular Hbond substituents is 1. The second kappa shape index (κ2) is 6.75. The van der Waals surface area contributed by atoms with Crippen LogP contribution in [0.15, 0.2) is 53.6 Å². The van der Waals surface area contributed by atoms with Crippen LogP contribution in [0.5, 0.6) is 5.75 Å². The number of benzene rings is 2. The van der Waals surface area contributed by atoms with Gasteiger partial charge in [0.1, 0.15) is 5.75 Å². The molecule has 0 saturated carbocycles. The minimum Gasteiger partial charge on any atom is -0.507 e. The van der Waals surface area contributed by atoms with Gasteiger partial charge in [-0.2, -0.15) is 5.10 Å². The Hall–Kier alpha value is -2.29. The lowest BCUT2D eigenvalue weighted by Gasteiger charge is -2.10. The van der Waals surface area contributed by atoms with E-state index in [0.29, 0.717) is 5.92 Å². The molecule has 2 aromatic rings. The van der Waals surface area contributed by atoms with Crippen molar-refractivity contribution in [2.24, 2.45) is 5.10 Å². The average Bonchev–Trinajstić information content (AvgIpc) is 2.49. The molecule has 20 heavy (non-hydrogen) atoms. The summed E-state index contributed by atoms with van der Waals surface area (Å²) >= 11 is 0. The van der Waals surface area contributed by atoms with Crippen LogP contribution < -0.4 is 5.43 Å². The molecule has 0 bridgehead atoms. The molecule has 0 aliphatic heterocycles. The number of rotatable bonds is 5. The highest BCUT2D eigenvalue weighted by Crippen LogP contribution is 2.24. The van der Waals surface area contributed by atoms with Crippen LogP contribution in [0.4, 0.5) is 5.69 Å². The van der Waals surface area contributed by atoms with E-state index < -0.39 is 0 Å². The molecule has 2 rings (SSSR count). The maximum atomic E-state index is 9.87. The van der Waals surface area contributed by atoms with E-state index in [1.165, 1.54) is 5.56 Å². The molecular formula is C17H20N2O. The summed E-state index contributed by atoms with van der Waals surface area (Å²) in [5.74, 6) is 0.723. The summed E-state index contributed by atoms with van der Waals surface area (Å²) in [7, 11) is 0. The number of anilines is 1. The highest BCUT2D eigenvalue weighted by atomic mass is 16.3. The first-order valence-electron chi connectivity index (χ1n) is 6.87. The summed E-state index contributed by atoms with van der Waals surface area (Å²) in [5.41, 5.74) is 5.80. The van der Waals surface area contributed by atoms with Crippen molar-refractivity contribution in [1.82, 2.24) is 0 Å². The highest BCUT2D eigenvalue weighted by molar-refractivity contribution is 5.84. The lowest BCUT2D eigenvalue weighted by atomic mass is 9.97. The van der Waals surface area contributed by atoms with Gasteiger partial charge in [-0.1, -0.05) is 38.1 Å². The summed E-state index contributed by atoms with van der Waals surface area (Å²) < 4.78 is 0. The van der Waals surface area contributed by atoms with Gasteiger partial charge < -0.3 is 5.11 Å². The maximum absolute atomic E-state index is 9.87. The number of nitrogens with one attached hydrogen (secondary N) is 1. The molecule has 104 valence electrons. The molecule has 0 aliphatic rings. The van der Waals surface area contributed by atoms with Crippen LogP contribution in [0.2, 0.25) is 0 Å². The molecule has 2 N–H and O–H groups in total. The Balaban J connectivity index is 2.12. The van der Waals surface area contributed by atoms with E-state index in [2.05, 4.69) is 24.4 Å². The number of para-hydroxylation sites is 1. The largest absolute Gasteiger partial charge is 0.507 e. The molecule has 0 amide bonds. The van der Waals surface area contributed by atoms with E-state index >= 15 is 0 Å². The molecule has 0 spiro atoms. The second-order valence-corrected chi connectivity index (χ2v) is 4.86. The molecule has 2 aromatic carbocycles. The molecule has 0 radical (unpaired) electrons. The molecule has 0 fully saturated rings. The fourth-order valence-electron chi connectivity index (χ4n) is 1.91. The van der Waals surface area contributed by atoms with Crippen molar-refractivity contribution in [2.75, 3.05) is 5.43 Å². The van der Waals surface area contributed by atoms with E-state index in [4.69, 9.17) is 0 Å². The van der Waals surface area contributed by atoms with Crippen molar-refractivity contribution in [3.63, 3.8) is 0 Å². The topological polar surface area (TPSA) is 44.6 Å². The summed E-state index contributed by atoms with van der Waals surface area (Å²) in [6, 6.07) is 15.4. The van der Waals surface area contributed by atoms with Crippen molar-refractivity contribution < 1.29 is 5.11 Å². The summed E-state index contributed by atoms with van der Waals surface area (Å²) in [5, 5.41) is 14.0. The second-order valence-electron chi connectivity index (χ2n) is 4.86. The Morgan fingerprint density at radius 3 is 2.65 bits per heavy atom. The average molecular weight is 268 g/mol. The third kappa shape index (κ3) is 3.60. The van der Waals surface area contributed by atoms with Crippen LogP contribution in [0, 0.1) is 0 Å². The lowest BCUT2D eigenvalue weighted by molar-refractivity contribution is 0.474. The molecule has 0 heterocycles. The Morgan fingerprint density at radius 1 is 1.20 bits per heavy atom. The number of phenols is 1. The van der Waals surface area contributed by atoms with Crippen LogP contribution in [-0.4, -0.2) is 11.3 Å². The lowest BCUT2D eigenvalue weighted by Crippen LogP contribution is -1.95. The third-order valence-corrected chi connectivity index (χ3v) is 3.40. The molecule has 3 nitrogen and oxygen atoms in total. The zero-order chi connectivity index (χ0) is 14.4. The zero-order valence-corrected chi connectivity index (χ0v) is 11.9. The van der Waals surface area contributed by atoms with Gasteiger partial charge in [0, 0.05) is 5.56 Å². The number of hydrogen-bond donors (Lipinski definition) is 2. The van der Waals surface area contributed by atoms with Crippen LogP contribution >= 0.6 is 0 Å². The van der Waals surface area contributed by atoms with E-state index in [1.807, 2.05) is 42.5 Å². The Labute approximate surface area is 120 Å². The van der Waals surface area contributed by atoms with Crippen LogP contribution in [-0.2, 0) is 0 Å². The van der Waals surface area contributed by atoms with Crippen molar-refractivity contribution in [2.45, 2.75) is 26.2 Å². The van der Waals surface area contributed by atoms with Gasteiger partial charge in [0.15, 0.2) is 0 Å². The fourth-order valence-corrected chi connectivity index (χ4v) is 1.91. The van der Waals surface area contributed by atoms with E-state index in [9.17, 15) is 5.11 Å². The number of hydrogen-bond acceptors (Lipinski definition) is 3. The van der Waals surface area contributed by atoms with Crippen molar-refractivity contribution in [1.29, 1.82) is 0 Å². The van der Waals surface area contributed by atoms with Gasteiger partial charge in [-0.3, -0.25) is 5.43 Å². The van der Waals surface area contributed by atoms with Gasteiger partial charge >= 0.3 is 0 Å². The SMILES string of the molecule is CC[C@H](C)c1ccc(O)c(/C=N\Nc2ccccc2)c1. The van der Waals surface area contributed by atoms with Crippen LogP contribution in [0.25, 0.3) is 0 Å². The summed E-state index contributed by atoms with van der Waals surface area (Å²) in [6.07, 6.45) is 2.72. The molecule has 0 unspecified atom stereocenters. The number of aromatic hydroxyl groups is 1. The first-order chi connectivity index (χ1) is 9.70. The zero-order valence-electron chi connectivity index (χ0n) is 11.9. The first kappa shape index (κ1) is 14.1. The van der Waals surface area contributed by atoms with Gasteiger partial charge in [-0.05, 0) is 42.2 Å². The number of hydrazone groups is 1. The van der Waals surface area contributed by atoms with Crippen molar-refractivity contribution in [3.05, 3.63) is 59.7 Å². The minimum absolute atomic E-state index is 0.246. The molecule has 0 aliphatic carbocycles. The first-order valence-corrected chi connectivity index (χ1v) is 6.87. The predicted octanol–water partition coefficient (Wildman–Crippen LogP) is 4.35. The molecular weight excluding hydrogens is 248 g/mol. The normalized spacial score (nSPS) is 12.5. The quantitative estimate of drug-likeness (QED) is 0.625. The Kier molecular flexibility index (Phi) is 4.77. The maximum Gasteiger partial charge on any atom is 0.124 e. The molecule has 0 aromatic heterocycles. The molecule has 3 heteroatoms. The summed E-state index contributed by atoms with van der Waals surface area (Å²) in [6.45, 7) is 4.33. The standard InChI is InChI=1S/C17H20N2O/c1-3-13(2)14-9-10-17(20)15(11-14)12-18-19-16-7-5-4-6-8-16/h4-13,19-20H,3H2,1-2H3/b18-12-/t13-/m0/s1. The van der Waals surface area contributed by atoms with Gasteiger partial charge in [-0.15, -0.1) is 0 Å². The monoisotopic (exact) mass is 268 g/mol.